The molecule has 0 spiro atoms. The van der Waals surface area contributed by atoms with Crippen LogP contribution in [0.25, 0.3) is 0 Å². The Hall–Kier alpha value is -1.36. The van der Waals surface area contributed by atoms with E-state index in [4.69, 9.17) is 4.52 Å². The van der Waals surface area contributed by atoms with Gasteiger partial charge in [0.25, 0.3) is 0 Å². The molecule has 0 aliphatic carbocycles. The Morgan fingerprint density at radius 3 is 3.05 bits per heavy atom. The van der Waals surface area contributed by atoms with E-state index >= 15 is 0 Å². The monoisotopic (exact) mass is 305 g/mol. The van der Waals surface area contributed by atoms with E-state index in [2.05, 4.69) is 17.4 Å². The Morgan fingerprint density at radius 2 is 2.36 bits per heavy atom. The minimum atomic E-state index is 0.0883. The van der Waals surface area contributed by atoms with Gasteiger partial charge in [0.05, 0.1) is 11.7 Å². The molecule has 3 atom stereocenters. The summed E-state index contributed by atoms with van der Waals surface area (Å²) in [4.78, 5) is 14.7. The fourth-order valence-electron chi connectivity index (χ4n) is 3.83. The molecule has 3 heterocycles. The molecule has 0 saturated carbocycles. The highest BCUT2D eigenvalue weighted by Gasteiger charge is 2.34. The van der Waals surface area contributed by atoms with Gasteiger partial charge in [-0.1, -0.05) is 12.1 Å². The van der Waals surface area contributed by atoms with Gasteiger partial charge in [0.1, 0.15) is 0 Å². The summed E-state index contributed by atoms with van der Waals surface area (Å²) in [6, 6.07) is 2.05. The van der Waals surface area contributed by atoms with E-state index in [-0.39, 0.29) is 11.9 Å². The van der Waals surface area contributed by atoms with E-state index in [1.165, 1.54) is 12.8 Å². The first kappa shape index (κ1) is 15.5. The average Bonchev–Trinajstić information content (AvgIpc) is 3.16. The molecule has 2 fully saturated rings. The molecule has 5 nitrogen and oxygen atoms in total. The van der Waals surface area contributed by atoms with Gasteiger partial charge < -0.3 is 14.7 Å². The lowest BCUT2D eigenvalue weighted by Crippen LogP contribution is -2.37. The van der Waals surface area contributed by atoms with E-state index in [0.717, 1.165) is 43.9 Å². The van der Waals surface area contributed by atoms with Crippen LogP contribution in [0.2, 0.25) is 0 Å². The van der Waals surface area contributed by atoms with Crippen LogP contribution in [0, 0.1) is 18.8 Å². The number of nitrogens with one attached hydrogen (secondary N) is 1. The molecule has 0 radical (unpaired) electrons. The maximum absolute atomic E-state index is 12.7. The number of rotatable bonds is 4. The third kappa shape index (κ3) is 3.35. The van der Waals surface area contributed by atoms with E-state index < -0.39 is 0 Å². The predicted molar refractivity (Wildman–Crippen MR) is 84.3 cm³/mol. The fraction of sp³-hybridized carbons (Fsp3) is 0.765. The topological polar surface area (TPSA) is 58.4 Å². The Kier molecular flexibility index (Phi) is 4.81. The molecule has 2 saturated heterocycles. The van der Waals surface area contributed by atoms with E-state index in [1.807, 2.05) is 17.9 Å². The van der Waals surface area contributed by atoms with Crippen molar-refractivity contribution in [3.63, 3.8) is 0 Å². The third-order valence-corrected chi connectivity index (χ3v) is 5.18. The summed E-state index contributed by atoms with van der Waals surface area (Å²) in [5.74, 6) is 2.19. The second-order valence-corrected chi connectivity index (χ2v) is 6.90. The summed E-state index contributed by atoms with van der Waals surface area (Å²) in [5.41, 5.74) is 0.885. The number of aromatic nitrogens is 1. The highest BCUT2D eigenvalue weighted by atomic mass is 16.5. The summed E-state index contributed by atoms with van der Waals surface area (Å²) in [5, 5.41) is 7.42. The Labute approximate surface area is 132 Å². The number of hydrogen-bond acceptors (Lipinski definition) is 4. The Bertz CT molecular complexity index is 508. The number of amides is 1. The maximum atomic E-state index is 12.7. The van der Waals surface area contributed by atoms with Gasteiger partial charge in [-0.2, -0.15) is 0 Å². The molecule has 1 aromatic heterocycles. The lowest BCUT2D eigenvalue weighted by Gasteiger charge is -2.30. The molecule has 2 aliphatic heterocycles. The van der Waals surface area contributed by atoms with Gasteiger partial charge in [0.15, 0.2) is 5.76 Å². The van der Waals surface area contributed by atoms with Gasteiger partial charge in [0.2, 0.25) is 5.91 Å². The molecule has 22 heavy (non-hydrogen) atoms. The van der Waals surface area contributed by atoms with Crippen molar-refractivity contribution in [2.24, 2.45) is 11.8 Å². The van der Waals surface area contributed by atoms with E-state index in [9.17, 15) is 4.79 Å². The average molecular weight is 305 g/mol. The normalized spacial score (nSPS) is 27.1. The number of piperidine rings is 1. The van der Waals surface area contributed by atoms with E-state index in [0.29, 0.717) is 18.3 Å². The van der Waals surface area contributed by atoms with Crippen molar-refractivity contribution in [2.75, 3.05) is 19.6 Å². The van der Waals surface area contributed by atoms with Gasteiger partial charge in [-0.05, 0) is 57.5 Å². The lowest BCUT2D eigenvalue weighted by atomic mass is 9.85. The first-order valence-electron chi connectivity index (χ1n) is 8.58. The van der Waals surface area contributed by atoms with Gasteiger partial charge in [-0.3, -0.25) is 4.79 Å². The molecule has 0 bridgehead atoms. The van der Waals surface area contributed by atoms with Crippen molar-refractivity contribution in [1.82, 2.24) is 15.4 Å². The summed E-state index contributed by atoms with van der Waals surface area (Å²) in [7, 11) is 0. The molecule has 3 rings (SSSR count). The minimum Gasteiger partial charge on any atom is -0.359 e. The van der Waals surface area contributed by atoms with Crippen molar-refractivity contribution < 1.29 is 9.32 Å². The number of aryl methyl sites for hydroxylation is 1. The molecule has 2 aliphatic rings. The maximum Gasteiger partial charge on any atom is 0.223 e. The quantitative estimate of drug-likeness (QED) is 0.929. The largest absolute Gasteiger partial charge is 0.359 e. The van der Waals surface area contributed by atoms with Crippen LogP contribution < -0.4 is 5.32 Å². The molecule has 5 heteroatoms. The smallest absolute Gasteiger partial charge is 0.223 e. The van der Waals surface area contributed by atoms with Gasteiger partial charge in [-0.15, -0.1) is 0 Å². The number of carbonyl (C=O) groups excluding carboxylic acids is 1. The number of hydrogen-bond donors (Lipinski definition) is 1. The van der Waals surface area contributed by atoms with Crippen LogP contribution in [0.1, 0.15) is 56.5 Å². The van der Waals surface area contributed by atoms with Crippen molar-refractivity contribution in [2.45, 2.75) is 52.0 Å². The zero-order chi connectivity index (χ0) is 15.5. The zero-order valence-electron chi connectivity index (χ0n) is 13.7. The van der Waals surface area contributed by atoms with Crippen molar-refractivity contribution in [3.05, 3.63) is 17.5 Å². The molecule has 3 unspecified atom stereocenters. The van der Waals surface area contributed by atoms with Crippen molar-refractivity contribution >= 4 is 5.91 Å². The molecule has 1 amide bonds. The number of likely N-dealkylation sites (tertiary alicyclic amines) is 1. The molecular formula is C17H27N3O2. The van der Waals surface area contributed by atoms with Crippen LogP contribution >= 0.6 is 0 Å². The Balaban J connectivity index is 1.60. The number of nitrogens with zero attached hydrogens (tertiary/aromatic N) is 2. The van der Waals surface area contributed by atoms with Gasteiger partial charge in [0, 0.05) is 19.0 Å². The second kappa shape index (κ2) is 6.82. The first-order valence-corrected chi connectivity index (χ1v) is 8.58. The van der Waals surface area contributed by atoms with Crippen LogP contribution in [0.5, 0.6) is 0 Å². The second-order valence-electron chi connectivity index (χ2n) is 6.90. The number of carbonyl (C=O) groups is 1. The Morgan fingerprint density at radius 1 is 1.50 bits per heavy atom. The highest BCUT2D eigenvalue weighted by molar-refractivity contribution is 5.77. The minimum absolute atomic E-state index is 0.0883. The highest BCUT2D eigenvalue weighted by Crippen LogP contribution is 2.34. The summed E-state index contributed by atoms with van der Waals surface area (Å²) in [6.07, 6.45) is 5.16. The van der Waals surface area contributed by atoms with Crippen molar-refractivity contribution in [3.8, 4) is 0 Å². The van der Waals surface area contributed by atoms with Crippen LogP contribution in [-0.4, -0.2) is 35.6 Å². The zero-order valence-corrected chi connectivity index (χ0v) is 13.7. The first-order chi connectivity index (χ1) is 10.6. The van der Waals surface area contributed by atoms with Crippen LogP contribution in [-0.2, 0) is 4.79 Å². The van der Waals surface area contributed by atoms with Gasteiger partial charge >= 0.3 is 0 Å². The summed E-state index contributed by atoms with van der Waals surface area (Å²) < 4.78 is 5.40. The third-order valence-electron chi connectivity index (χ3n) is 5.18. The van der Waals surface area contributed by atoms with Gasteiger partial charge in [-0.25, -0.2) is 0 Å². The fourth-order valence-corrected chi connectivity index (χ4v) is 3.83. The predicted octanol–water partition coefficient (Wildman–Crippen LogP) is 2.67. The molecule has 1 N–H and O–H groups in total. The standard InChI is InChI=1S/C17H27N3O2/c1-12(14-5-3-7-18-11-14)9-17(21)20-8-4-6-15(20)16-10-13(2)19-22-16/h10,12,14-15,18H,3-9,11H2,1-2H3. The van der Waals surface area contributed by atoms with Crippen LogP contribution in [0.15, 0.2) is 10.6 Å². The summed E-state index contributed by atoms with van der Waals surface area (Å²) >= 11 is 0. The molecule has 1 aromatic rings. The summed E-state index contributed by atoms with van der Waals surface area (Å²) in [6.45, 7) is 7.17. The SMILES string of the molecule is Cc1cc(C2CCCN2C(=O)CC(C)C2CCCNC2)on1. The van der Waals surface area contributed by atoms with Crippen LogP contribution in [0.3, 0.4) is 0 Å². The van der Waals surface area contributed by atoms with Crippen LogP contribution in [0.4, 0.5) is 0 Å². The molecule has 122 valence electrons. The van der Waals surface area contributed by atoms with Crippen molar-refractivity contribution in [1.29, 1.82) is 0 Å². The lowest BCUT2D eigenvalue weighted by molar-refractivity contribution is -0.133. The molecular weight excluding hydrogens is 278 g/mol. The molecule has 0 aromatic carbocycles. The van der Waals surface area contributed by atoms with E-state index in [1.54, 1.807) is 0 Å².